The molecule has 1 saturated heterocycles. The Balaban J connectivity index is 1.51. The Morgan fingerprint density at radius 1 is 1.18 bits per heavy atom. The highest BCUT2D eigenvalue weighted by Gasteiger charge is 2.31. The summed E-state index contributed by atoms with van der Waals surface area (Å²) in [5.41, 5.74) is 1.35. The average Bonchev–Trinajstić information content (AvgIpc) is 3.12. The monoisotopic (exact) mass is 299 g/mol. The molecule has 1 aromatic carbocycles. The molecule has 2 aromatic rings. The van der Waals surface area contributed by atoms with E-state index in [0.717, 1.165) is 24.7 Å². The molecule has 0 spiro atoms. The normalized spacial score (nSPS) is 22.1. The van der Waals surface area contributed by atoms with Crippen molar-refractivity contribution in [2.24, 2.45) is 0 Å². The maximum Gasteiger partial charge on any atom is 0.165 e. The predicted octanol–water partition coefficient (Wildman–Crippen LogP) is 2.35. The van der Waals surface area contributed by atoms with Gasteiger partial charge in [0.15, 0.2) is 5.82 Å². The topological polar surface area (TPSA) is 56.1 Å². The molecule has 6 nitrogen and oxygen atoms in total. The van der Waals surface area contributed by atoms with Crippen molar-refractivity contribution in [3.05, 3.63) is 35.7 Å². The number of ether oxygens (including phenoxy) is 1. The minimum Gasteiger partial charge on any atom is -0.497 e. The fourth-order valence-corrected chi connectivity index (χ4v) is 3.32. The van der Waals surface area contributed by atoms with Crippen LogP contribution in [0.25, 0.3) is 0 Å². The highest BCUT2D eigenvalue weighted by Crippen LogP contribution is 2.37. The third-order valence-corrected chi connectivity index (χ3v) is 4.66. The number of nitrogens with zero attached hydrogens (tertiary/aromatic N) is 5. The van der Waals surface area contributed by atoms with E-state index in [1.54, 1.807) is 7.11 Å². The molecule has 1 saturated carbocycles. The molecule has 2 aliphatic rings. The number of likely N-dealkylation sites (tertiary alicyclic amines) is 1. The third-order valence-electron chi connectivity index (χ3n) is 4.66. The van der Waals surface area contributed by atoms with E-state index in [1.807, 2.05) is 16.8 Å². The molecule has 1 aliphatic carbocycles. The lowest BCUT2D eigenvalue weighted by molar-refractivity contribution is 0.237. The second-order valence-corrected chi connectivity index (χ2v) is 6.17. The molecule has 2 fully saturated rings. The SMILES string of the molecule is COc1ccc([C@H]2CCCN2Cc2nnnn2C2CC2)cc1. The van der Waals surface area contributed by atoms with Crippen LogP contribution in [0.3, 0.4) is 0 Å². The standard InChI is InChI=1S/C16H21N5O/c1-22-14-8-4-12(5-9-14)15-3-2-10-20(15)11-16-17-18-19-21(16)13-6-7-13/h4-5,8-9,13,15H,2-3,6-7,10-11H2,1H3/t15-/m1/s1. The number of methoxy groups -OCH3 is 1. The van der Waals surface area contributed by atoms with Gasteiger partial charge in [0, 0.05) is 6.04 Å². The second kappa shape index (κ2) is 5.68. The zero-order chi connectivity index (χ0) is 14.9. The number of tetrazole rings is 1. The fraction of sp³-hybridized carbons (Fsp3) is 0.562. The Labute approximate surface area is 130 Å². The van der Waals surface area contributed by atoms with Gasteiger partial charge >= 0.3 is 0 Å². The molecular weight excluding hydrogens is 278 g/mol. The second-order valence-electron chi connectivity index (χ2n) is 6.17. The molecular formula is C16H21N5O. The first kappa shape index (κ1) is 13.7. The molecule has 2 heterocycles. The molecule has 1 aliphatic heterocycles. The van der Waals surface area contributed by atoms with Gasteiger partial charge in [0.1, 0.15) is 5.75 Å². The van der Waals surface area contributed by atoms with Crippen LogP contribution in [0.4, 0.5) is 0 Å². The molecule has 1 aromatic heterocycles. The van der Waals surface area contributed by atoms with Gasteiger partial charge in [-0.3, -0.25) is 4.90 Å². The van der Waals surface area contributed by atoms with Crippen LogP contribution in [-0.4, -0.2) is 38.8 Å². The van der Waals surface area contributed by atoms with Crippen molar-refractivity contribution in [2.45, 2.75) is 44.3 Å². The van der Waals surface area contributed by atoms with E-state index < -0.39 is 0 Å². The maximum absolute atomic E-state index is 5.25. The summed E-state index contributed by atoms with van der Waals surface area (Å²) < 4.78 is 7.27. The molecule has 0 unspecified atom stereocenters. The maximum atomic E-state index is 5.25. The van der Waals surface area contributed by atoms with Crippen molar-refractivity contribution in [1.29, 1.82) is 0 Å². The lowest BCUT2D eigenvalue weighted by Crippen LogP contribution is -2.25. The van der Waals surface area contributed by atoms with Gasteiger partial charge < -0.3 is 4.74 Å². The van der Waals surface area contributed by atoms with Gasteiger partial charge in [-0.25, -0.2) is 4.68 Å². The largest absolute Gasteiger partial charge is 0.497 e. The van der Waals surface area contributed by atoms with Gasteiger partial charge in [-0.1, -0.05) is 12.1 Å². The van der Waals surface area contributed by atoms with Crippen LogP contribution in [0.15, 0.2) is 24.3 Å². The fourth-order valence-electron chi connectivity index (χ4n) is 3.32. The molecule has 22 heavy (non-hydrogen) atoms. The Bertz CT molecular complexity index is 634. The Morgan fingerprint density at radius 3 is 2.73 bits per heavy atom. The van der Waals surface area contributed by atoms with Gasteiger partial charge in [0.05, 0.1) is 19.7 Å². The van der Waals surface area contributed by atoms with Crippen LogP contribution in [-0.2, 0) is 6.54 Å². The molecule has 0 amide bonds. The first-order valence-electron chi connectivity index (χ1n) is 8.00. The number of benzene rings is 1. The highest BCUT2D eigenvalue weighted by molar-refractivity contribution is 5.29. The van der Waals surface area contributed by atoms with Crippen LogP contribution in [0, 0.1) is 0 Å². The van der Waals surface area contributed by atoms with E-state index in [9.17, 15) is 0 Å². The summed E-state index contributed by atoms with van der Waals surface area (Å²) in [5.74, 6) is 1.91. The Hall–Kier alpha value is -1.95. The quantitative estimate of drug-likeness (QED) is 0.848. The first-order chi connectivity index (χ1) is 10.8. The van der Waals surface area contributed by atoms with Crippen molar-refractivity contribution in [2.75, 3.05) is 13.7 Å². The Kier molecular flexibility index (Phi) is 3.54. The van der Waals surface area contributed by atoms with Crippen LogP contribution < -0.4 is 4.74 Å². The molecule has 116 valence electrons. The van der Waals surface area contributed by atoms with E-state index in [0.29, 0.717) is 12.1 Å². The summed E-state index contributed by atoms with van der Waals surface area (Å²) in [5, 5.41) is 12.3. The minimum absolute atomic E-state index is 0.454. The van der Waals surface area contributed by atoms with Crippen LogP contribution >= 0.6 is 0 Å². The van der Waals surface area contributed by atoms with Crippen LogP contribution in [0.2, 0.25) is 0 Å². The van der Waals surface area contributed by atoms with Gasteiger partial charge in [-0.05, 0) is 60.4 Å². The zero-order valence-electron chi connectivity index (χ0n) is 12.9. The van der Waals surface area contributed by atoms with Gasteiger partial charge in [0.2, 0.25) is 0 Å². The summed E-state index contributed by atoms with van der Waals surface area (Å²) in [4.78, 5) is 2.49. The highest BCUT2D eigenvalue weighted by atomic mass is 16.5. The van der Waals surface area contributed by atoms with Crippen LogP contribution in [0.5, 0.6) is 5.75 Å². The first-order valence-corrected chi connectivity index (χ1v) is 8.00. The number of hydrogen-bond acceptors (Lipinski definition) is 5. The van der Waals surface area contributed by atoms with Crippen molar-refractivity contribution in [3.63, 3.8) is 0 Å². The lowest BCUT2D eigenvalue weighted by Gasteiger charge is -2.24. The summed E-state index contributed by atoms with van der Waals surface area (Å²) in [6, 6.07) is 9.42. The predicted molar refractivity (Wildman–Crippen MR) is 81.5 cm³/mol. The van der Waals surface area contributed by atoms with E-state index >= 15 is 0 Å². The summed E-state index contributed by atoms with van der Waals surface area (Å²) in [6.45, 7) is 1.94. The van der Waals surface area contributed by atoms with Gasteiger partial charge in [-0.2, -0.15) is 0 Å². The van der Waals surface area contributed by atoms with E-state index in [4.69, 9.17) is 4.74 Å². The summed E-state index contributed by atoms with van der Waals surface area (Å²) in [6.07, 6.45) is 4.83. The summed E-state index contributed by atoms with van der Waals surface area (Å²) in [7, 11) is 1.70. The van der Waals surface area contributed by atoms with E-state index in [2.05, 4.69) is 32.6 Å². The van der Waals surface area contributed by atoms with Gasteiger partial charge in [0.25, 0.3) is 0 Å². The average molecular weight is 299 g/mol. The number of rotatable bonds is 5. The molecule has 0 N–H and O–H groups in total. The van der Waals surface area contributed by atoms with Crippen molar-refractivity contribution < 1.29 is 4.74 Å². The third kappa shape index (κ3) is 2.59. The van der Waals surface area contributed by atoms with E-state index in [1.165, 1.54) is 31.2 Å². The molecule has 0 radical (unpaired) electrons. The zero-order valence-corrected chi connectivity index (χ0v) is 12.9. The lowest BCUT2D eigenvalue weighted by atomic mass is 10.0. The number of aromatic nitrogens is 4. The molecule has 1 atom stereocenters. The van der Waals surface area contributed by atoms with Crippen molar-refractivity contribution in [3.8, 4) is 5.75 Å². The van der Waals surface area contributed by atoms with Gasteiger partial charge in [-0.15, -0.1) is 5.10 Å². The molecule has 6 heteroatoms. The smallest absolute Gasteiger partial charge is 0.165 e. The van der Waals surface area contributed by atoms with Crippen molar-refractivity contribution >= 4 is 0 Å². The molecule has 0 bridgehead atoms. The van der Waals surface area contributed by atoms with Crippen LogP contribution in [0.1, 0.15) is 49.2 Å². The minimum atomic E-state index is 0.454. The summed E-state index contributed by atoms with van der Waals surface area (Å²) >= 11 is 0. The molecule has 4 rings (SSSR count). The Morgan fingerprint density at radius 2 is 2.00 bits per heavy atom. The van der Waals surface area contributed by atoms with E-state index in [-0.39, 0.29) is 0 Å². The number of hydrogen-bond donors (Lipinski definition) is 0. The van der Waals surface area contributed by atoms with Crippen molar-refractivity contribution in [1.82, 2.24) is 25.1 Å².